The predicted molar refractivity (Wildman–Crippen MR) is 58.1 cm³/mol. The van der Waals surface area contributed by atoms with Gasteiger partial charge in [0.2, 0.25) is 0 Å². The van der Waals surface area contributed by atoms with Gasteiger partial charge in [0, 0.05) is 26.1 Å². The maximum Gasteiger partial charge on any atom is 0.135 e. The van der Waals surface area contributed by atoms with E-state index >= 15 is 0 Å². The number of carbonyl (C=O) groups excluding carboxylic acids is 1. The molecule has 0 saturated carbocycles. The minimum Gasteiger partial charge on any atom is -0.385 e. The van der Waals surface area contributed by atoms with E-state index in [9.17, 15) is 4.79 Å². The smallest absolute Gasteiger partial charge is 0.135 e. The number of methoxy groups -OCH3 is 1. The molecule has 0 aromatic heterocycles. The third kappa shape index (κ3) is 6.11. The lowest BCUT2D eigenvalue weighted by atomic mass is 9.95. The van der Waals surface area contributed by atoms with Crippen molar-refractivity contribution >= 4 is 5.78 Å². The summed E-state index contributed by atoms with van der Waals surface area (Å²) in [5.41, 5.74) is 5.48. The Labute approximate surface area is 87.0 Å². The van der Waals surface area contributed by atoms with Crippen molar-refractivity contribution in [3.8, 4) is 0 Å². The van der Waals surface area contributed by atoms with Gasteiger partial charge in [-0.3, -0.25) is 4.79 Å². The quantitative estimate of drug-likeness (QED) is 0.649. The molecule has 3 nitrogen and oxygen atoms in total. The molecule has 14 heavy (non-hydrogen) atoms. The van der Waals surface area contributed by atoms with E-state index in [1.807, 2.05) is 6.92 Å². The first-order valence-corrected chi connectivity index (χ1v) is 5.33. The molecule has 0 aliphatic heterocycles. The van der Waals surface area contributed by atoms with Gasteiger partial charge in [-0.1, -0.05) is 13.8 Å². The second-order valence-electron chi connectivity index (χ2n) is 4.03. The van der Waals surface area contributed by atoms with Crippen LogP contribution in [0.4, 0.5) is 0 Å². The van der Waals surface area contributed by atoms with E-state index in [4.69, 9.17) is 10.5 Å². The molecule has 0 amide bonds. The van der Waals surface area contributed by atoms with Crippen molar-refractivity contribution in [3.63, 3.8) is 0 Å². The molecule has 0 aromatic rings. The highest BCUT2D eigenvalue weighted by atomic mass is 16.5. The monoisotopic (exact) mass is 201 g/mol. The molecule has 0 saturated heterocycles. The fraction of sp³-hybridized carbons (Fsp3) is 0.909. The fourth-order valence-corrected chi connectivity index (χ4v) is 1.21. The predicted octanol–water partition coefficient (Wildman–Crippen LogP) is 1.60. The largest absolute Gasteiger partial charge is 0.385 e. The Hall–Kier alpha value is -0.410. The molecule has 0 aliphatic carbocycles. The van der Waals surface area contributed by atoms with Gasteiger partial charge in [0.25, 0.3) is 0 Å². The van der Waals surface area contributed by atoms with E-state index < -0.39 is 0 Å². The summed E-state index contributed by atoms with van der Waals surface area (Å²) in [5.74, 6) is 0.913. The summed E-state index contributed by atoms with van der Waals surface area (Å²) in [4.78, 5) is 11.6. The van der Waals surface area contributed by atoms with E-state index in [-0.39, 0.29) is 5.92 Å². The second kappa shape index (κ2) is 7.94. The third-order valence-corrected chi connectivity index (χ3v) is 2.59. The Morgan fingerprint density at radius 3 is 2.50 bits per heavy atom. The topological polar surface area (TPSA) is 52.3 Å². The van der Waals surface area contributed by atoms with Crippen molar-refractivity contribution < 1.29 is 9.53 Å². The van der Waals surface area contributed by atoms with Crippen LogP contribution in [-0.2, 0) is 9.53 Å². The first kappa shape index (κ1) is 13.6. The van der Waals surface area contributed by atoms with Crippen molar-refractivity contribution in [2.75, 3.05) is 20.3 Å². The van der Waals surface area contributed by atoms with Gasteiger partial charge >= 0.3 is 0 Å². The molecule has 84 valence electrons. The molecular formula is C11H23NO2. The van der Waals surface area contributed by atoms with Gasteiger partial charge < -0.3 is 10.5 Å². The molecule has 0 fully saturated rings. The summed E-state index contributed by atoms with van der Waals surface area (Å²) >= 11 is 0. The summed E-state index contributed by atoms with van der Waals surface area (Å²) in [7, 11) is 1.66. The molecule has 0 aromatic carbocycles. The van der Waals surface area contributed by atoms with Crippen LogP contribution in [0.1, 0.15) is 33.1 Å². The Bertz CT molecular complexity index is 159. The number of ether oxygens (including phenoxy) is 1. The zero-order chi connectivity index (χ0) is 11.0. The zero-order valence-electron chi connectivity index (χ0n) is 9.58. The summed E-state index contributed by atoms with van der Waals surface area (Å²) < 4.78 is 4.94. The fourth-order valence-electron chi connectivity index (χ4n) is 1.21. The Balaban J connectivity index is 3.61. The summed E-state index contributed by atoms with van der Waals surface area (Å²) in [5, 5.41) is 0. The lowest BCUT2D eigenvalue weighted by molar-refractivity contribution is -0.123. The number of rotatable bonds is 8. The number of hydrogen-bond donors (Lipinski definition) is 1. The normalized spacial score (nSPS) is 15.1. The van der Waals surface area contributed by atoms with E-state index in [1.54, 1.807) is 7.11 Å². The van der Waals surface area contributed by atoms with Gasteiger partial charge in [-0.2, -0.15) is 0 Å². The third-order valence-electron chi connectivity index (χ3n) is 2.59. The van der Waals surface area contributed by atoms with Crippen LogP contribution in [0.2, 0.25) is 0 Å². The highest BCUT2D eigenvalue weighted by Gasteiger charge is 2.13. The van der Waals surface area contributed by atoms with Crippen molar-refractivity contribution in [1.29, 1.82) is 0 Å². The van der Waals surface area contributed by atoms with Gasteiger partial charge in [-0.05, 0) is 25.3 Å². The van der Waals surface area contributed by atoms with Crippen molar-refractivity contribution in [3.05, 3.63) is 0 Å². The number of Topliss-reactive ketones (excluding diaryl/α,β-unsaturated/α-hetero) is 1. The summed E-state index contributed by atoms with van der Waals surface area (Å²) in [6.07, 6.45) is 2.39. The van der Waals surface area contributed by atoms with Crippen LogP contribution in [0.5, 0.6) is 0 Å². The van der Waals surface area contributed by atoms with Gasteiger partial charge in [0.1, 0.15) is 5.78 Å². The van der Waals surface area contributed by atoms with Crippen molar-refractivity contribution in [2.24, 2.45) is 17.6 Å². The number of ketones is 1. The Morgan fingerprint density at radius 2 is 2.00 bits per heavy atom. The lowest BCUT2D eigenvalue weighted by Gasteiger charge is -2.11. The van der Waals surface area contributed by atoms with Crippen LogP contribution in [-0.4, -0.2) is 26.0 Å². The molecule has 2 N–H and O–H groups in total. The standard InChI is InChI=1S/C11H23NO2/c1-9(8-12)4-5-11(13)10(2)6-7-14-3/h9-10H,4-8,12H2,1-3H3. The van der Waals surface area contributed by atoms with Crippen LogP contribution in [0.15, 0.2) is 0 Å². The molecule has 0 radical (unpaired) electrons. The van der Waals surface area contributed by atoms with Crippen molar-refractivity contribution in [1.82, 2.24) is 0 Å². The maximum atomic E-state index is 11.6. The zero-order valence-corrected chi connectivity index (χ0v) is 9.58. The van der Waals surface area contributed by atoms with Gasteiger partial charge in [-0.25, -0.2) is 0 Å². The molecule has 2 unspecified atom stereocenters. The van der Waals surface area contributed by atoms with Gasteiger partial charge in [-0.15, -0.1) is 0 Å². The van der Waals surface area contributed by atoms with E-state index in [2.05, 4.69) is 6.92 Å². The number of carbonyl (C=O) groups is 1. The molecule has 0 rings (SSSR count). The highest BCUT2D eigenvalue weighted by Crippen LogP contribution is 2.11. The Kier molecular flexibility index (Phi) is 7.71. The molecule has 2 atom stereocenters. The van der Waals surface area contributed by atoms with Gasteiger partial charge in [0.15, 0.2) is 0 Å². The average Bonchev–Trinajstić information content (AvgIpc) is 2.21. The molecule has 0 bridgehead atoms. The summed E-state index contributed by atoms with van der Waals surface area (Å²) in [6.45, 7) is 5.38. The van der Waals surface area contributed by atoms with E-state index in [0.29, 0.717) is 31.3 Å². The lowest BCUT2D eigenvalue weighted by Crippen LogP contribution is -2.16. The van der Waals surface area contributed by atoms with Crippen LogP contribution in [0.3, 0.4) is 0 Å². The second-order valence-corrected chi connectivity index (χ2v) is 4.03. The number of hydrogen-bond acceptors (Lipinski definition) is 3. The SMILES string of the molecule is COCCC(C)C(=O)CCC(C)CN. The minimum absolute atomic E-state index is 0.125. The van der Waals surface area contributed by atoms with Crippen LogP contribution in [0, 0.1) is 11.8 Å². The van der Waals surface area contributed by atoms with Crippen LogP contribution < -0.4 is 5.73 Å². The van der Waals surface area contributed by atoms with E-state index in [1.165, 1.54) is 0 Å². The average molecular weight is 201 g/mol. The maximum absolute atomic E-state index is 11.6. The molecule has 0 heterocycles. The first-order chi connectivity index (χ1) is 6.61. The molecule has 3 heteroatoms. The van der Waals surface area contributed by atoms with Crippen molar-refractivity contribution in [2.45, 2.75) is 33.1 Å². The Morgan fingerprint density at radius 1 is 1.36 bits per heavy atom. The number of nitrogens with two attached hydrogens (primary N) is 1. The van der Waals surface area contributed by atoms with E-state index in [0.717, 1.165) is 12.8 Å². The van der Waals surface area contributed by atoms with Gasteiger partial charge in [0.05, 0.1) is 0 Å². The highest BCUT2D eigenvalue weighted by molar-refractivity contribution is 5.80. The minimum atomic E-state index is 0.125. The van der Waals surface area contributed by atoms with Crippen LogP contribution in [0.25, 0.3) is 0 Å². The molecule has 0 aliphatic rings. The molecule has 0 spiro atoms. The molecular weight excluding hydrogens is 178 g/mol. The van der Waals surface area contributed by atoms with Crippen LogP contribution >= 0.6 is 0 Å². The first-order valence-electron chi connectivity index (χ1n) is 5.33. The summed E-state index contributed by atoms with van der Waals surface area (Å²) in [6, 6.07) is 0.